The molecule has 1 atom stereocenters. The molecule has 0 bridgehead atoms. The van der Waals surface area contributed by atoms with Crippen LogP contribution in [0.15, 0.2) is 0 Å². The van der Waals surface area contributed by atoms with E-state index in [0.29, 0.717) is 13.0 Å². The minimum absolute atomic E-state index is 0.110. The van der Waals surface area contributed by atoms with E-state index in [0.717, 1.165) is 6.42 Å². The molecule has 0 saturated carbocycles. The zero-order chi connectivity index (χ0) is 14.5. The van der Waals surface area contributed by atoms with Gasteiger partial charge in [-0.1, -0.05) is 0 Å². The van der Waals surface area contributed by atoms with E-state index in [2.05, 4.69) is 5.32 Å². The molecule has 0 aromatic rings. The van der Waals surface area contributed by atoms with Crippen LogP contribution in [0, 0.1) is 0 Å². The van der Waals surface area contributed by atoms with Crippen LogP contribution in [0.4, 0.5) is 0 Å². The summed E-state index contributed by atoms with van der Waals surface area (Å²) in [6, 6.07) is -0.152. The van der Waals surface area contributed by atoms with Crippen LogP contribution in [0.2, 0.25) is 0 Å². The summed E-state index contributed by atoms with van der Waals surface area (Å²) >= 11 is 0. The lowest BCUT2D eigenvalue weighted by Crippen LogP contribution is -2.49. The van der Waals surface area contributed by atoms with Gasteiger partial charge >= 0.3 is 5.97 Å². The quantitative estimate of drug-likeness (QED) is 0.704. The fourth-order valence-corrected chi connectivity index (χ4v) is 3.72. The van der Waals surface area contributed by atoms with Gasteiger partial charge in [-0.2, -0.15) is 4.31 Å². The van der Waals surface area contributed by atoms with Gasteiger partial charge in [0.05, 0.1) is 5.75 Å². The number of rotatable bonds is 6. The van der Waals surface area contributed by atoms with Crippen molar-refractivity contribution in [2.24, 2.45) is 0 Å². The van der Waals surface area contributed by atoms with Gasteiger partial charge in [-0.3, -0.25) is 9.59 Å². The normalized spacial score (nSPS) is 21.0. The molecule has 1 unspecified atom stereocenters. The van der Waals surface area contributed by atoms with Crippen LogP contribution < -0.4 is 5.32 Å². The summed E-state index contributed by atoms with van der Waals surface area (Å²) in [7, 11) is -3.43. The van der Waals surface area contributed by atoms with E-state index in [-0.39, 0.29) is 37.1 Å². The first-order valence-electron chi connectivity index (χ1n) is 6.28. The molecule has 0 radical (unpaired) electrons. The van der Waals surface area contributed by atoms with Crippen molar-refractivity contribution in [3.63, 3.8) is 0 Å². The third-order valence-corrected chi connectivity index (χ3v) is 4.90. The van der Waals surface area contributed by atoms with Gasteiger partial charge in [-0.05, 0) is 19.3 Å². The number of nitrogens with zero attached hydrogens (tertiary/aromatic N) is 1. The topological polar surface area (TPSA) is 104 Å². The van der Waals surface area contributed by atoms with E-state index in [1.165, 1.54) is 11.2 Å². The average molecular weight is 292 g/mol. The number of carboxylic acid groups (broad SMARTS) is 1. The molecule has 1 fully saturated rings. The van der Waals surface area contributed by atoms with Crippen molar-refractivity contribution >= 4 is 21.9 Å². The van der Waals surface area contributed by atoms with Gasteiger partial charge in [0.25, 0.3) is 0 Å². The van der Waals surface area contributed by atoms with E-state index in [9.17, 15) is 18.0 Å². The molecule has 0 aromatic heterocycles. The highest BCUT2D eigenvalue weighted by atomic mass is 32.2. The van der Waals surface area contributed by atoms with Crippen LogP contribution in [0.5, 0.6) is 0 Å². The third-order valence-electron chi connectivity index (χ3n) is 2.98. The van der Waals surface area contributed by atoms with Gasteiger partial charge in [0.1, 0.15) is 0 Å². The minimum Gasteiger partial charge on any atom is -0.481 e. The molecular weight excluding hydrogens is 272 g/mol. The number of carbonyl (C=O) groups excluding carboxylic acids is 1. The largest absolute Gasteiger partial charge is 0.481 e. The Balaban J connectivity index is 2.52. The molecule has 1 amide bonds. The Hall–Kier alpha value is -1.15. The van der Waals surface area contributed by atoms with Crippen LogP contribution in [0.1, 0.15) is 32.6 Å². The van der Waals surface area contributed by atoms with Crippen LogP contribution >= 0.6 is 0 Å². The second-order valence-electron chi connectivity index (χ2n) is 4.71. The number of carbonyl (C=O) groups is 2. The number of nitrogens with one attached hydrogen (secondary N) is 1. The highest BCUT2D eigenvalue weighted by molar-refractivity contribution is 7.89. The summed E-state index contributed by atoms with van der Waals surface area (Å²) in [5.74, 6) is -1.33. The maximum Gasteiger partial charge on any atom is 0.303 e. The van der Waals surface area contributed by atoms with Crippen molar-refractivity contribution in [2.75, 3.05) is 18.8 Å². The third kappa shape index (κ3) is 5.56. The maximum absolute atomic E-state index is 12.0. The van der Waals surface area contributed by atoms with E-state index < -0.39 is 16.0 Å². The van der Waals surface area contributed by atoms with Crippen molar-refractivity contribution in [3.8, 4) is 0 Å². The van der Waals surface area contributed by atoms with Crippen molar-refractivity contribution in [2.45, 2.75) is 38.6 Å². The molecule has 19 heavy (non-hydrogen) atoms. The molecule has 110 valence electrons. The first-order chi connectivity index (χ1) is 8.81. The Kier molecular flexibility index (Phi) is 5.74. The lowest BCUT2D eigenvalue weighted by atomic mass is 10.1. The van der Waals surface area contributed by atoms with Crippen LogP contribution in [-0.4, -0.2) is 54.6 Å². The molecule has 0 aliphatic carbocycles. The van der Waals surface area contributed by atoms with Crippen LogP contribution in [-0.2, 0) is 19.6 Å². The number of piperidine rings is 1. The number of sulfonamides is 1. The Morgan fingerprint density at radius 3 is 2.68 bits per heavy atom. The van der Waals surface area contributed by atoms with Crippen molar-refractivity contribution in [1.29, 1.82) is 0 Å². The predicted octanol–water partition coefficient (Wildman–Crippen LogP) is -0.218. The average Bonchev–Trinajstić information content (AvgIpc) is 2.27. The Morgan fingerprint density at radius 1 is 1.42 bits per heavy atom. The Labute approximate surface area is 113 Å². The highest BCUT2D eigenvalue weighted by Crippen LogP contribution is 2.15. The number of amides is 1. The van der Waals surface area contributed by atoms with E-state index in [1.807, 2.05) is 0 Å². The minimum atomic E-state index is -3.43. The predicted molar refractivity (Wildman–Crippen MR) is 69.1 cm³/mol. The Morgan fingerprint density at radius 2 is 2.11 bits per heavy atom. The van der Waals surface area contributed by atoms with E-state index in [4.69, 9.17) is 5.11 Å². The van der Waals surface area contributed by atoms with E-state index >= 15 is 0 Å². The highest BCUT2D eigenvalue weighted by Gasteiger charge is 2.28. The standard InChI is InChI=1S/C11H20N2O5S/c1-9(14)12-10-4-2-6-13(8-10)19(17,18)7-3-5-11(15)16/h10H,2-8H2,1H3,(H,12,14)(H,15,16). The molecule has 0 aromatic carbocycles. The summed E-state index contributed by atoms with van der Waals surface area (Å²) in [4.78, 5) is 21.3. The summed E-state index contributed by atoms with van der Waals surface area (Å²) < 4.78 is 25.4. The van der Waals surface area contributed by atoms with Gasteiger partial charge in [0.2, 0.25) is 15.9 Å². The summed E-state index contributed by atoms with van der Waals surface area (Å²) in [6.45, 7) is 2.11. The molecule has 2 N–H and O–H groups in total. The molecule has 0 spiro atoms. The summed E-state index contributed by atoms with van der Waals surface area (Å²) in [5.41, 5.74) is 0. The van der Waals surface area contributed by atoms with Crippen LogP contribution in [0.25, 0.3) is 0 Å². The molecular formula is C11H20N2O5S. The molecule has 1 aliphatic rings. The molecule has 1 saturated heterocycles. The summed E-state index contributed by atoms with van der Waals surface area (Å²) in [5, 5.41) is 11.2. The fourth-order valence-electron chi connectivity index (χ4n) is 2.14. The number of hydrogen-bond donors (Lipinski definition) is 2. The van der Waals surface area contributed by atoms with Gasteiger partial charge in [0.15, 0.2) is 0 Å². The fraction of sp³-hybridized carbons (Fsp3) is 0.818. The second-order valence-corrected chi connectivity index (χ2v) is 6.80. The zero-order valence-corrected chi connectivity index (χ0v) is 11.8. The number of carboxylic acids is 1. The lowest BCUT2D eigenvalue weighted by molar-refractivity contribution is -0.137. The molecule has 1 rings (SSSR count). The molecule has 8 heteroatoms. The Bertz CT molecular complexity index is 434. The van der Waals surface area contributed by atoms with Gasteiger partial charge in [0, 0.05) is 32.5 Å². The maximum atomic E-state index is 12.0. The second kappa shape index (κ2) is 6.85. The lowest BCUT2D eigenvalue weighted by Gasteiger charge is -2.32. The van der Waals surface area contributed by atoms with Crippen LogP contribution in [0.3, 0.4) is 0 Å². The first kappa shape index (κ1) is 15.9. The number of aliphatic carboxylic acids is 1. The van der Waals surface area contributed by atoms with E-state index in [1.54, 1.807) is 0 Å². The SMILES string of the molecule is CC(=O)NC1CCCN(S(=O)(=O)CCCC(=O)O)C1. The first-order valence-corrected chi connectivity index (χ1v) is 7.89. The number of hydrogen-bond acceptors (Lipinski definition) is 4. The van der Waals surface area contributed by atoms with Crippen molar-refractivity contribution in [1.82, 2.24) is 9.62 Å². The molecule has 1 aliphatic heterocycles. The van der Waals surface area contributed by atoms with Crippen molar-refractivity contribution in [3.05, 3.63) is 0 Å². The van der Waals surface area contributed by atoms with Gasteiger partial charge in [-0.25, -0.2) is 8.42 Å². The summed E-state index contributed by atoms with van der Waals surface area (Å²) in [6.07, 6.45) is 1.42. The van der Waals surface area contributed by atoms with Gasteiger partial charge < -0.3 is 10.4 Å². The van der Waals surface area contributed by atoms with Crippen molar-refractivity contribution < 1.29 is 23.1 Å². The smallest absolute Gasteiger partial charge is 0.303 e. The van der Waals surface area contributed by atoms with Gasteiger partial charge in [-0.15, -0.1) is 0 Å². The molecule has 1 heterocycles. The molecule has 7 nitrogen and oxygen atoms in total. The monoisotopic (exact) mass is 292 g/mol. The zero-order valence-electron chi connectivity index (χ0n) is 11.0.